The third-order valence-corrected chi connectivity index (χ3v) is 1.72. The molecule has 1 rings (SSSR count). The molecule has 0 spiro atoms. The molecular formula is C12H13N3O2. The zero-order valence-electron chi connectivity index (χ0n) is 9.24. The van der Waals surface area contributed by atoms with Crippen LogP contribution in [0, 0.1) is 0 Å². The van der Waals surface area contributed by atoms with Gasteiger partial charge in [0.1, 0.15) is 6.54 Å². The van der Waals surface area contributed by atoms with Gasteiger partial charge in [-0.15, -0.1) is 0 Å². The first-order valence-electron chi connectivity index (χ1n) is 5.12. The number of aliphatic imine (C=N–C) groups is 2. The van der Waals surface area contributed by atoms with Crippen molar-refractivity contribution in [3.63, 3.8) is 0 Å². The van der Waals surface area contributed by atoms with Crippen molar-refractivity contribution in [2.45, 2.75) is 0 Å². The van der Waals surface area contributed by atoms with Crippen LogP contribution in [0.25, 0.3) is 0 Å². The topological polar surface area (TPSA) is 70.9 Å². The molecule has 2 amide bonds. The molecule has 0 bridgehead atoms. The Morgan fingerprint density at radius 1 is 1.06 bits per heavy atom. The molecule has 0 aromatic rings. The lowest BCUT2D eigenvalue weighted by Gasteiger charge is -1.96. The van der Waals surface area contributed by atoms with E-state index >= 15 is 0 Å². The monoisotopic (exact) mass is 231 g/mol. The summed E-state index contributed by atoms with van der Waals surface area (Å²) in [6.07, 6.45) is 12.8. The van der Waals surface area contributed by atoms with E-state index in [9.17, 15) is 9.59 Å². The zero-order chi connectivity index (χ0) is 12.3. The van der Waals surface area contributed by atoms with Crippen molar-refractivity contribution >= 4 is 24.2 Å². The SMILES string of the molecule is O=C1\C=C/C=C\C=C/C=NCC(=O)NCC=N1. The summed E-state index contributed by atoms with van der Waals surface area (Å²) >= 11 is 0. The van der Waals surface area contributed by atoms with Crippen LogP contribution in [0.4, 0.5) is 0 Å². The van der Waals surface area contributed by atoms with Gasteiger partial charge in [-0.05, 0) is 6.08 Å². The first kappa shape index (κ1) is 12.8. The van der Waals surface area contributed by atoms with Crippen molar-refractivity contribution in [2.75, 3.05) is 13.1 Å². The van der Waals surface area contributed by atoms with Crippen LogP contribution in [0.2, 0.25) is 0 Å². The van der Waals surface area contributed by atoms with E-state index in [0.29, 0.717) is 0 Å². The predicted molar refractivity (Wildman–Crippen MR) is 67.3 cm³/mol. The minimum Gasteiger partial charge on any atom is -0.349 e. The Morgan fingerprint density at radius 3 is 2.71 bits per heavy atom. The maximum Gasteiger partial charge on any atom is 0.269 e. The number of hydrogen-bond acceptors (Lipinski definition) is 3. The van der Waals surface area contributed by atoms with E-state index < -0.39 is 0 Å². The third-order valence-electron chi connectivity index (χ3n) is 1.72. The standard InChI is InChI=1S/C12H13N3O2/c16-11-6-4-2-1-3-5-7-13-10-12(17)15-9-8-14-11/h1-8H,9-10H2,(H,15,17)/b2-1-,5-3-,6-4-,13-7?,14-8?. The fourth-order valence-corrected chi connectivity index (χ4v) is 0.971. The van der Waals surface area contributed by atoms with Crippen molar-refractivity contribution in [3.05, 3.63) is 36.5 Å². The highest BCUT2D eigenvalue weighted by atomic mass is 16.2. The quantitative estimate of drug-likeness (QED) is 0.657. The number of amides is 2. The first-order chi connectivity index (χ1) is 8.29. The van der Waals surface area contributed by atoms with E-state index in [1.807, 2.05) is 0 Å². The molecule has 0 saturated heterocycles. The fraction of sp³-hybridized carbons (Fsp3) is 0.167. The summed E-state index contributed by atoms with van der Waals surface area (Å²) in [6, 6.07) is 0. The van der Waals surface area contributed by atoms with Gasteiger partial charge in [0.25, 0.3) is 5.91 Å². The Hall–Kier alpha value is -2.30. The molecule has 0 fully saturated rings. The molecule has 0 radical (unpaired) electrons. The Bertz CT molecular complexity index is 417. The van der Waals surface area contributed by atoms with Crippen molar-refractivity contribution < 1.29 is 9.59 Å². The van der Waals surface area contributed by atoms with Crippen LogP contribution < -0.4 is 5.32 Å². The van der Waals surface area contributed by atoms with Gasteiger partial charge in [-0.2, -0.15) is 0 Å². The van der Waals surface area contributed by atoms with Crippen LogP contribution in [-0.4, -0.2) is 37.3 Å². The summed E-state index contributed by atoms with van der Waals surface area (Å²) in [6.45, 7) is 0.285. The smallest absolute Gasteiger partial charge is 0.269 e. The lowest BCUT2D eigenvalue weighted by Crippen LogP contribution is -2.27. The average molecular weight is 231 g/mol. The zero-order valence-corrected chi connectivity index (χ0v) is 9.24. The van der Waals surface area contributed by atoms with Gasteiger partial charge in [-0.25, -0.2) is 4.99 Å². The van der Waals surface area contributed by atoms with Gasteiger partial charge in [-0.1, -0.05) is 24.3 Å². The highest BCUT2D eigenvalue weighted by molar-refractivity contribution is 5.94. The fourth-order valence-electron chi connectivity index (χ4n) is 0.971. The first-order valence-corrected chi connectivity index (χ1v) is 5.12. The number of rotatable bonds is 0. The summed E-state index contributed by atoms with van der Waals surface area (Å²) in [4.78, 5) is 29.8. The highest BCUT2D eigenvalue weighted by Gasteiger charge is 1.95. The van der Waals surface area contributed by atoms with Crippen LogP contribution in [0.15, 0.2) is 46.4 Å². The molecule has 0 saturated carbocycles. The molecule has 0 atom stereocenters. The Kier molecular flexibility index (Phi) is 5.95. The van der Waals surface area contributed by atoms with Gasteiger partial charge in [0.05, 0.1) is 6.54 Å². The normalized spacial score (nSPS) is 23.3. The van der Waals surface area contributed by atoms with Crippen LogP contribution in [-0.2, 0) is 9.59 Å². The molecule has 5 nitrogen and oxygen atoms in total. The molecule has 5 heteroatoms. The maximum atomic E-state index is 11.2. The lowest BCUT2D eigenvalue weighted by molar-refractivity contribution is -0.119. The third kappa shape index (κ3) is 6.72. The lowest BCUT2D eigenvalue weighted by atomic mass is 10.4. The van der Waals surface area contributed by atoms with E-state index in [-0.39, 0.29) is 24.9 Å². The Balaban J connectivity index is 2.67. The van der Waals surface area contributed by atoms with Crippen molar-refractivity contribution in [2.24, 2.45) is 9.98 Å². The summed E-state index contributed by atoms with van der Waals surface area (Å²) in [7, 11) is 0. The molecule has 88 valence electrons. The summed E-state index contributed by atoms with van der Waals surface area (Å²) in [5.74, 6) is -0.575. The predicted octanol–water partition coefficient (Wildman–Crippen LogP) is 0.453. The van der Waals surface area contributed by atoms with Gasteiger partial charge >= 0.3 is 0 Å². The van der Waals surface area contributed by atoms with Crippen molar-refractivity contribution in [1.29, 1.82) is 0 Å². The van der Waals surface area contributed by atoms with E-state index in [2.05, 4.69) is 15.3 Å². The number of nitrogens with one attached hydrogen (secondary N) is 1. The molecule has 0 unspecified atom stereocenters. The van der Waals surface area contributed by atoms with E-state index in [1.54, 1.807) is 36.6 Å². The number of nitrogens with zero attached hydrogens (tertiary/aromatic N) is 2. The van der Waals surface area contributed by atoms with Crippen LogP contribution >= 0.6 is 0 Å². The Labute approximate surface area is 99.3 Å². The second kappa shape index (κ2) is 7.92. The van der Waals surface area contributed by atoms with Gasteiger partial charge in [0.15, 0.2) is 0 Å². The number of hydrogen-bond donors (Lipinski definition) is 1. The van der Waals surface area contributed by atoms with E-state index in [0.717, 1.165) is 0 Å². The molecule has 1 N–H and O–H groups in total. The maximum absolute atomic E-state index is 11.2. The van der Waals surface area contributed by atoms with Gasteiger partial charge < -0.3 is 5.32 Å². The van der Waals surface area contributed by atoms with E-state index in [1.165, 1.54) is 12.3 Å². The van der Waals surface area contributed by atoms with Crippen LogP contribution in [0.1, 0.15) is 0 Å². The molecular weight excluding hydrogens is 218 g/mol. The highest BCUT2D eigenvalue weighted by Crippen LogP contribution is 1.83. The van der Waals surface area contributed by atoms with Gasteiger partial charge in [0.2, 0.25) is 5.91 Å². The molecule has 1 aliphatic heterocycles. The minimum absolute atomic E-state index is 0.0636. The summed E-state index contributed by atoms with van der Waals surface area (Å²) in [5, 5.41) is 2.55. The molecule has 1 heterocycles. The van der Waals surface area contributed by atoms with Gasteiger partial charge in [-0.3, -0.25) is 14.6 Å². The largest absolute Gasteiger partial charge is 0.349 e. The van der Waals surface area contributed by atoms with Crippen LogP contribution in [0.5, 0.6) is 0 Å². The molecule has 0 aromatic carbocycles. The molecule has 1 aliphatic rings. The number of carbonyl (C=O) groups is 2. The molecule has 0 aliphatic carbocycles. The molecule has 17 heavy (non-hydrogen) atoms. The van der Waals surface area contributed by atoms with Crippen molar-refractivity contribution in [1.82, 2.24) is 5.32 Å². The molecule has 0 aromatic heterocycles. The van der Waals surface area contributed by atoms with Crippen LogP contribution in [0.3, 0.4) is 0 Å². The summed E-state index contributed by atoms with van der Waals surface area (Å²) < 4.78 is 0. The number of allylic oxidation sites excluding steroid dienone is 5. The van der Waals surface area contributed by atoms with Gasteiger partial charge in [0, 0.05) is 18.5 Å². The van der Waals surface area contributed by atoms with E-state index in [4.69, 9.17) is 0 Å². The summed E-state index contributed by atoms with van der Waals surface area (Å²) in [5.41, 5.74) is 0. The average Bonchev–Trinajstić information content (AvgIpc) is 2.32. The van der Waals surface area contributed by atoms with Crippen molar-refractivity contribution in [3.8, 4) is 0 Å². The number of carbonyl (C=O) groups excluding carboxylic acids is 2. The second-order valence-electron chi connectivity index (χ2n) is 3.07. The minimum atomic E-state index is -0.362. The Morgan fingerprint density at radius 2 is 1.82 bits per heavy atom. The second-order valence-corrected chi connectivity index (χ2v) is 3.07.